The molecule has 0 unspecified atom stereocenters. The van der Waals surface area contributed by atoms with Crippen LogP contribution in [0.25, 0.3) is 10.2 Å². The molecule has 0 atom stereocenters. The first kappa shape index (κ1) is 16.3. The SMILES string of the molecule is Cc1ccc(C(=O)CCC(=O)Nc2nc3ccc(C)cc3s2)cc1. The minimum Gasteiger partial charge on any atom is -0.302 e. The Morgan fingerprint density at radius 3 is 2.46 bits per heavy atom. The summed E-state index contributed by atoms with van der Waals surface area (Å²) in [4.78, 5) is 28.5. The number of aromatic nitrogens is 1. The molecular formula is C19H18N2O2S. The molecule has 0 fully saturated rings. The normalized spacial score (nSPS) is 10.8. The van der Waals surface area contributed by atoms with E-state index in [1.807, 2.05) is 44.2 Å². The van der Waals surface area contributed by atoms with Gasteiger partial charge in [0.05, 0.1) is 10.2 Å². The standard InChI is InChI=1S/C19H18N2O2S/c1-12-3-6-14(7-4-12)16(22)9-10-18(23)21-19-20-15-8-5-13(2)11-17(15)24-19/h3-8,11H,9-10H2,1-2H3,(H,20,21,23). The van der Waals surface area contributed by atoms with Crippen LogP contribution in [0.3, 0.4) is 0 Å². The fraction of sp³-hybridized carbons (Fsp3) is 0.211. The Morgan fingerprint density at radius 2 is 1.71 bits per heavy atom. The monoisotopic (exact) mass is 338 g/mol. The summed E-state index contributed by atoms with van der Waals surface area (Å²) in [6.45, 7) is 4.00. The predicted molar refractivity (Wildman–Crippen MR) is 97.7 cm³/mol. The summed E-state index contributed by atoms with van der Waals surface area (Å²) >= 11 is 1.44. The molecule has 0 aliphatic rings. The number of amides is 1. The highest BCUT2D eigenvalue weighted by Gasteiger charge is 2.11. The molecule has 1 N–H and O–H groups in total. The molecule has 0 aliphatic carbocycles. The van der Waals surface area contributed by atoms with Gasteiger partial charge in [0.2, 0.25) is 5.91 Å². The van der Waals surface area contributed by atoms with Crippen molar-refractivity contribution in [2.75, 3.05) is 5.32 Å². The van der Waals surface area contributed by atoms with Crippen LogP contribution in [0, 0.1) is 13.8 Å². The molecule has 3 rings (SSSR count). The second-order valence-corrected chi connectivity index (χ2v) is 6.86. The van der Waals surface area contributed by atoms with E-state index in [1.165, 1.54) is 11.3 Å². The molecule has 5 heteroatoms. The fourth-order valence-corrected chi connectivity index (χ4v) is 3.36. The van der Waals surface area contributed by atoms with Crippen LogP contribution in [0.4, 0.5) is 5.13 Å². The van der Waals surface area contributed by atoms with Crippen molar-refractivity contribution >= 4 is 38.4 Å². The second-order valence-electron chi connectivity index (χ2n) is 5.83. The maximum atomic E-state index is 12.1. The van der Waals surface area contributed by atoms with Gasteiger partial charge in [-0.2, -0.15) is 0 Å². The lowest BCUT2D eigenvalue weighted by atomic mass is 10.1. The fourth-order valence-electron chi connectivity index (χ4n) is 2.38. The molecule has 1 heterocycles. The third kappa shape index (κ3) is 3.86. The number of Topliss-reactive ketones (excluding diaryl/α,β-unsaturated/α-hetero) is 1. The lowest BCUT2D eigenvalue weighted by molar-refractivity contribution is -0.116. The number of nitrogens with one attached hydrogen (secondary N) is 1. The summed E-state index contributed by atoms with van der Waals surface area (Å²) in [6, 6.07) is 13.4. The van der Waals surface area contributed by atoms with Crippen molar-refractivity contribution in [3.05, 3.63) is 59.2 Å². The molecule has 1 aromatic heterocycles. The summed E-state index contributed by atoms with van der Waals surface area (Å²) in [7, 11) is 0. The zero-order valence-corrected chi connectivity index (χ0v) is 14.4. The van der Waals surface area contributed by atoms with Gasteiger partial charge in [-0.3, -0.25) is 9.59 Å². The van der Waals surface area contributed by atoms with Crippen LogP contribution in [-0.4, -0.2) is 16.7 Å². The van der Waals surface area contributed by atoms with Gasteiger partial charge in [0.25, 0.3) is 0 Å². The molecule has 0 spiro atoms. The number of rotatable bonds is 5. The lowest BCUT2D eigenvalue weighted by Crippen LogP contribution is -2.13. The highest BCUT2D eigenvalue weighted by Crippen LogP contribution is 2.26. The largest absolute Gasteiger partial charge is 0.302 e. The van der Waals surface area contributed by atoms with E-state index in [-0.39, 0.29) is 24.5 Å². The Kier molecular flexibility index (Phi) is 4.71. The van der Waals surface area contributed by atoms with Crippen molar-refractivity contribution in [3.63, 3.8) is 0 Å². The number of aryl methyl sites for hydroxylation is 2. The first-order chi connectivity index (χ1) is 11.5. The van der Waals surface area contributed by atoms with Crippen molar-refractivity contribution in [1.82, 2.24) is 4.98 Å². The number of carbonyl (C=O) groups excluding carboxylic acids is 2. The number of anilines is 1. The summed E-state index contributed by atoms with van der Waals surface area (Å²) in [6.07, 6.45) is 0.348. The van der Waals surface area contributed by atoms with Crippen LogP contribution in [0.2, 0.25) is 0 Å². The molecule has 2 aromatic carbocycles. The number of carbonyl (C=O) groups is 2. The zero-order chi connectivity index (χ0) is 17.1. The Morgan fingerprint density at radius 1 is 1.00 bits per heavy atom. The minimum atomic E-state index is -0.189. The number of benzene rings is 2. The molecule has 0 bridgehead atoms. The molecule has 0 saturated heterocycles. The molecular weight excluding hydrogens is 320 g/mol. The summed E-state index contributed by atoms with van der Waals surface area (Å²) in [5, 5.41) is 3.36. The predicted octanol–water partition coefficient (Wildman–Crippen LogP) is 4.51. The number of thiazole rings is 1. The van der Waals surface area contributed by atoms with E-state index in [0.717, 1.165) is 21.3 Å². The zero-order valence-electron chi connectivity index (χ0n) is 13.6. The molecule has 0 aliphatic heterocycles. The Balaban J connectivity index is 1.58. The number of hydrogen-bond donors (Lipinski definition) is 1. The number of fused-ring (bicyclic) bond motifs is 1. The van der Waals surface area contributed by atoms with Gasteiger partial charge in [-0.25, -0.2) is 4.98 Å². The van der Waals surface area contributed by atoms with E-state index >= 15 is 0 Å². The van der Waals surface area contributed by atoms with E-state index in [4.69, 9.17) is 0 Å². The number of nitrogens with zero attached hydrogens (tertiary/aromatic N) is 1. The van der Waals surface area contributed by atoms with Crippen LogP contribution >= 0.6 is 11.3 Å². The maximum Gasteiger partial charge on any atom is 0.226 e. The first-order valence-electron chi connectivity index (χ1n) is 7.78. The average molecular weight is 338 g/mol. The quantitative estimate of drug-likeness (QED) is 0.696. The van der Waals surface area contributed by atoms with E-state index in [9.17, 15) is 9.59 Å². The van der Waals surface area contributed by atoms with Crippen molar-refractivity contribution in [2.24, 2.45) is 0 Å². The molecule has 0 radical (unpaired) electrons. The molecule has 3 aromatic rings. The van der Waals surface area contributed by atoms with Gasteiger partial charge in [-0.15, -0.1) is 0 Å². The van der Waals surface area contributed by atoms with Crippen LogP contribution in [-0.2, 0) is 4.79 Å². The van der Waals surface area contributed by atoms with E-state index < -0.39 is 0 Å². The van der Waals surface area contributed by atoms with Crippen molar-refractivity contribution in [1.29, 1.82) is 0 Å². The molecule has 1 amide bonds. The third-order valence-electron chi connectivity index (χ3n) is 3.74. The Bertz CT molecular complexity index is 897. The number of hydrogen-bond acceptors (Lipinski definition) is 4. The van der Waals surface area contributed by atoms with Crippen LogP contribution in [0.15, 0.2) is 42.5 Å². The van der Waals surface area contributed by atoms with Gasteiger partial charge in [0.15, 0.2) is 10.9 Å². The van der Waals surface area contributed by atoms with Gasteiger partial charge in [0.1, 0.15) is 0 Å². The average Bonchev–Trinajstić information content (AvgIpc) is 2.94. The smallest absolute Gasteiger partial charge is 0.226 e. The Hall–Kier alpha value is -2.53. The summed E-state index contributed by atoms with van der Waals surface area (Å²) < 4.78 is 1.04. The van der Waals surface area contributed by atoms with E-state index in [0.29, 0.717) is 10.7 Å². The highest BCUT2D eigenvalue weighted by atomic mass is 32.1. The van der Waals surface area contributed by atoms with E-state index in [2.05, 4.69) is 10.3 Å². The second kappa shape index (κ2) is 6.93. The topological polar surface area (TPSA) is 59.1 Å². The van der Waals surface area contributed by atoms with Crippen molar-refractivity contribution in [2.45, 2.75) is 26.7 Å². The van der Waals surface area contributed by atoms with Crippen LogP contribution in [0.5, 0.6) is 0 Å². The maximum absolute atomic E-state index is 12.1. The Labute approximate surface area is 144 Å². The van der Waals surface area contributed by atoms with Gasteiger partial charge < -0.3 is 5.32 Å². The van der Waals surface area contributed by atoms with Crippen LogP contribution < -0.4 is 5.32 Å². The summed E-state index contributed by atoms with van der Waals surface area (Å²) in [5.41, 5.74) is 3.78. The van der Waals surface area contributed by atoms with E-state index in [1.54, 1.807) is 12.1 Å². The third-order valence-corrected chi connectivity index (χ3v) is 4.68. The highest BCUT2D eigenvalue weighted by molar-refractivity contribution is 7.22. The van der Waals surface area contributed by atoms with Crippen LogP contribution in [0.1, 0.15) is 34.3 Å². The molecule has 122 valence electrons. The molecule has 4 nitrogen and oxygen atoms in total. The number of ketones is 1. The van der Waals surface area contributed by atoms with Gasteiger partial charge in [-0.1, -0.05) is 47.2 Å². The van der Waals surface area contributed by atoms with Crippen molar-refractivity contribution < 1.29 is 9.59 Å². The summed E-state index contributed by atoms with van der Waals surface area (Å²) in [5.74, 6) is -0.212. The molecule has 24 heavy (non-hydrogen) atoms. The first-order valence-corrected chi connectivity index (χ1v) is 8.60. The van der Waals surface area contributed by atoms with Crippen molar-refractivity contribution in [3.8, 4) is 0 Å². The lowest BCUT2D eigenvalue weighted by Gasteiger charge is -2.02. The minimum absolute atomic E-state index is 0.0231. The van der Waals surface area contributed by atoms with Gasteiger partial charge in [-0.05, 0) is 31.5 Å². The van der Waals surface area contributed by atoms with Gasteiger partial charge >= 0.3 is 0 Å². The van der Waals surface area contributed by atoms with Gasteiger partial charge in [0, 0.05) is 18.4 Å². The molecule has 0 saturated carbocycles.